The molecule has 0 saturated carbocycles. The fraction of sp³-hybridized carbons (Fsp3) is 0.556. The van der Waals surface area contributed by atoms with Crippen molar-refractivity contribution in [2.24, 2.45) is 11.8 Å². The topological polar surface area (TPSA) is 0 Å². The number of hydrogen-bond donors (Lipinski definition) is 0. The average molecular weight is 334 g/mol. The zero-order valence-electron chi connectivity index (χ0n) is 12.8. The summed E-state index contributed by atoms with van der Waals surface area (Å²) in [6.45, 7) is 8.95. The van der Waals surface area contributed by atoms with E-state index in [9.17, 15) is 0 Å². The molecule has 19 heavy (non-hydrogen) atoms. The van der Waals surface area contributed by atoms with Crippen LogP contribution in [0, 0.1) is 24.0 Å². The van der Waals surface area contributed by atoms with Gasteiger partial charge in [-0.25, -0.2) is 23.3 Å². The maximum atomic E-state index is 3.29. The van der Waals surface area contributed by atoms with Crippen molar-refractivity contribution in [1.29, 1.82) is 0 Å². The standard InChI is InChI=1S/2C9H13.Zr/c2*1-8(2)7-9-5-3-4-6-9;/h2*3,5,8H,4,7H2,1-2H3;/q2*-1;+2. The first-order valence-electron chi connectivity index (χ1n) is 7.10. The van der Waals surface area contributed by atoms with E-state index < -0.39 is 0 Å². The SMILES string of the molecule is CC(C)CC1=[C-]CC=C1.CC(C)CC1=[C-]CC=C1.[Zr+2]. The molecule has 0 heterocycles. The maximum absolute atomic E-state index is 3.29. The molecule has 0 spiro atoms. The Kier molecular flexibility index (Phi) is 10.5. The molecule has 0 aromatic heterocycles. The summed E-state index contributed by atoms with van der Waals surface area (Å²) < 4.78 is 0. The van der Waals surface area contributed by atoms with Gasteiger partial charge in [0.25, 0.3) is 0 Å². The molecule has 0 atom stereocenters. The van der Waals surface area contributed by atoms with E-state index in [1.165, 1.54) is 24.0 Å². The van der Waals surface area contributed by atoms with Gasteiger partial charge in [-0.1, -0.05) is 40.5 Å². The molecule has 2 rings (SSSR count). The second-order valence-electron chi connectivity index (χ2n) is 5.81. The quantitative estimate of drug-likeness (QED) is 0.601. The summed E-state index contributed by atoms with van der Waals surface area (Å²) in [5, 5.41) is 0. The molecule has 0 unspecified atom stereocenters. The fourth-order valence-electron chi connectivity index (χ4n) is 2.06. The molecular weight excluding hydrogens is 307 g/mol. The summed E-state index contributed by atoms with van der Waals surface area (Å²) in [5.74, 6) is 1.55. The Morgan fingerprint density at radius 1 is 0.842 bits per heavy atom. The second-order valence-corrected chi connectivity index (χ2v) is 5.81. The van der Waals surface area contributed by atoms with Crippen LogP contribution in [0.15, 0.2) is 35.5 Å². The van der Waals surface area contributed by atoms with Crippen molar-refractivity contribution in [3.8, 4) is 0 Å². The summed E-state index contributed by atoms with van der Waals surface area (Å²) >= 11 is 0. The predicted molar refractivity (Wildman–Crippen MR) is 79.9 cm³/mol. The first kappa shape index (κ1) is 18.8. The van der Waals surface area contributed by atoms with Crippen molar-refractivity contribution < 1.29 is 26.2 Å². The van der Waals surface area contributed by atoms with Crippen LogP contribution in [0.4, 0.5) is 0 Å². The Morgan fingerprint density at radius 3 is 1.42 bits per heavy atom. The molecule has 0 radical (unpaired) electrons. The first-order chi connectivity index (χ1) is 8.58. The first-order valence-corrected chi connectivity index (χ1v) is 7.10. The van der Waals surface area contributed by atoms with Crippen LogP contribution in [0.3, 0.4) is 0 Å². The van der Waals surface area contributed by atoms with Gasteiger partial charge in [0, 0.05) is 0 Å². The van der Waals surface area contributed by atoms with Crippen LogP contribution < -0.4 is 0 Å². The van der Waals surface area contributed by atoms with Gasteiger partial charge in [-0.15, -0.1) is 12.8 Å². The van der Waals surface area contributed by atoms with Gasteiger partial charge < -0.3 is 0 Å². The second kappa shape index (κ2) is 10.6. The van der Waals surface area contributed by atoms with Crippen LogP contribution in [-0.2, 0) is 26.2 Å². The van der Waals surface area contributed by atoms with Gasteiger partial charge in [-0.3, -0.25) is 12.2 Å². The van der Waals surface area contributed by atoms with Crippen molar-refractivity contribution in [2.75, 3.05) is 0 Å². The van der Waals surface area contributed by atoms with E-state index in [1.54, 1.807) is 0 Å². The van der Waals surface area contributed by atoms with E-state index in [1.807, 2.05) is 0 Å². The molecule has 102 valence electrons. The van der Waals surface area contributed by atoms with Crippen LogP contribution in [0.2, 0.25) is 0 Å². The molecule has 0 aromatic rings. The zero-order chi connectivity index (χ0) is 13.4. The summed E-state index contributed by atoms with van der Waals surface area (Å²) in [6, 6.07) is 0. The normalized spacial score (nSPS) is 16.1. The van der Waals surface area contributed by atoms with Crippen LogP contribution in [0.1, 0.15) is 53.4 Å². The smallest absolute Gasteiger partial charge is 0.269 e. The van der Waals surface area contributed by atoms with E-state index in [4.69, 9.17) is 0 Å². The van der Waals surface area contributed by atoms with Crippen LogP contribution >= 0.6 is 0 Å². The van der Waals surface area contributed by atoms with Crippen molar-refractivity contribution in [3.63, 3.8) is 0 Å². The van der Waals surface area contributed by atoms with Crippen molar-refractivity contribution in [3.05, 3.63) is 47.6 Å². The average Bonchev–Trinajstić information content (AvgIpc) is 2.90. The molecule has 0 bridgehead atoms. The van der Waals surface area contributed by atoms with Crippen LogP contribution in [-0.4, -0.2) is 0 Å². The fourth-order valence-corrected chi connectivity index (χ4v) is 2.06. The van der Waals surface area contributed by atoms with Gasteiger partial charge in [0.15, 0.2) is 0 Å². The van der Waals surface area contributed by atoms with Gasteiger partial charge in [-0.05, 0) is 11.8 Å². The van der Waals surface area contributed by atoms with Crippen molar-refractivity contribution in [2.45, 2.75) is 53.4 Å². The van der Waals surface area contributed by atoms with E-state index in [0.717, 1.165) is 24.7 Å². The Hall–Kier alpha value is -0.157. The van der Waals surface area contributed by atoms with Gasteiger partial charge in [0.2, 0.25) is 0 Å². The van der Waals surface area contributed by atoms with Gasteiger partial charge in [-0.2, -0.15) is 12.2 Å². The summed E-state index contributed by atoms with van der Waals surface area (Å²) in [5.41, 5.74) is 2.79. The Bertz CT molecular complexity index is 318. The molecule has 0 aromatic carbocycles. The molecule has 0 fully saturated rings. The predicted octanol–water partition coefficient (Wildman–Crippen LogP) is 5.44. The third-order valence-corrected chi connectivity index (χ3v) is 2.79. The minimum Gasteiger partial charge on any atom is -0.269 e. The largest absolute Gasteiger partial charge is 2.00 e. The molecule has 0 nitrogen and oxygen atoms in total. The summed E-state index contributed by atoms with van der Waals surface area (Å²) in [6.07, 6.45) is 19.7. The minimum atomic E-state index is 0. The van der Waals surface area contributed by atoms with Gasteiger partial charge >= 0.3 is 26.2 Å². The summed E-state index contributed by atoms with van der Waals surface area (Å²) in [4.78, 5) is 0. The maximum Gasteiger partial charge on any atom is 2.00 e. The van der Waals surface area contributed by atoms with Crippen molar-refractivity contribution in [1.82, 2.24) is 0 Å². The molecule has 0 aliphatic heterocycles. The minimum absolute atomic E-state index is 0. The molecule has 0 amide bonds. The monoisotopic (exact) mass is 332 g/mol. The number of allylic oxidation sites excluding steroid dienone is 8. The Balaban J connectivity index is 0.000000324. The Labute approximate surface area is 138 Å². The van der Waals surface area contributed by atoms with Crippen LogP contribution in [0.25, 0.3) is 0 Å². The third kappa shape index (κ3) is 9.39. The van der Waals surface area contributed by atoms with E-state index >= 15 is 0 Å². The van der Waals surface area contributed by atoms with E-state index in [-0.39, 0.29) is 26.2 Å². The Morgan fingerprint density at radius 2 is 1.21 bits per heavy atom. The van der Waals surface area contributed by atoms with Crippen molar-refractivity contribution >= 4 is 0 Å². The molecule has 0 N–H and O–H groups in total. The van der Waals surface area contributed by atoms with Crippen LogP contribution in [0.5, 0.6) is 0 Å². The summed E-state index contributed by atoms with van der Waals surface area (Å²) in [7, 11) is 0. The van der Waals surface area contributed by atoms with E-state index in [2.05, 4.69) is 64.2 Å². The third-order valence-electron chi connectivity index (χ3n) is 2.79. The zero-order valence-corrected chi connectivity index (χ0v) is 15.3. The van der Waals surface area contributed by atoms with Gasteiger partial charge in [0.05, 0.1) is 0 Å². The molecule has 1 heteroatoms. The molecule has 2 aliphatic rings. The molecule has 0 saturated heterocycles. The molecule has 2 aliphatic carbocycles. The number of rotatable bonds is 4. The van der Waals surface area contributed by atoms with Gasteiger partial charge in [0.1, 0.15) is 0 Å². The van der Waals surface area contributed by atoms with E-state index in [0.29, 0.717) is 0 Å². The number of hydrogen-bond acceptors (Lipinski definition) is 0. The molecular formula is C18H26Zr.